The maximum atomic E-state index is 11.7. The van der Waals surface area contributed by atoms with E-state index in [1.165, 1.54) is 0 Å². The minimum absolute atomic E-state index is 0. The third-order valence-corrected chi connectivity index (χ3v) is 2.54. The fourth-order valence-electron chi connectivity index (χ4n) is 1.71. The lowest BCUT2D eigenvalue weighted by Gasteiger charge is -2.11. The normalized spacial score (nSPS) is 18.9. The van der Waals surface area contributed by atoms with E-state index in [2.05, 4.69) is 10.6 Å². The first kappa shape index (κ1) is 12.8. The molecule has 1 saturated heterocycles. The highest BCUT2D eigenvalue weighted by molar-refractivity contribution is 5.96. The van der Waals surface area contributed by atoms with E-state index in [1.807, 2.05) is 0 Å². The fraction of sp³-hybridized carbons (Fsp3) is 0.364. The van der Waals surface area contributed by atoms with Gasteiger partial charge in [-0.3, -0.25) is 4.79 Å². The van der Waals surface area contributed by atoms with Crippen LogP contribution in [0.25, 0.3) is 0 Å². The highest BCUT2D eigenvalue weighted by Crippen LogP contribution is 2.22. The van der Waals surface area contributed by atoms with Crippen LogP contribution >= 0.6 is 12.4 Å². The standard InChI is InChI=1S/C11H14N2O2.ClH/c14-10-6-2-1-4-8(10)13-11(15)9-5-3-7-12-9;/h1-2,4,6,9,12,14H,3,5,7H2,(H,13,15);1H. The SMILES string of the molecule is Cl.O=C(Nc1ccccc1O)C1CCCN1. The van der Waals surface area contributed by atoms with Gasteiger partial charge in [0.05, 0.1) is 11.7 Å². The minimum atomic E-state index is -0.121. The average molecular weight is 243 g/mol. The van der Waals surface area contributed by atoms with Gasteiger partial charge < -0.3 is 15.7 Å². The van der Waals surface area contributed by atoms with Crippen molar-refractivity contribution >= 4 is 24.0 Å². The van der Waals surface area contributed by atoms with Crippen molar-refractivity contribution in [2.75, 3.05) is 11.9 Å². The summed E-state index contributed by atoms with van der Waals surface area (Å²) in [7, 11) is 0. The number of phenols is 1. The molecular weight excluding hydrogens is 228 g/mol. The zero-order valence-corrected chi connectivity index (χ0v) is 9.59. The van der Waals surface area contributed by atoms with E-state index >= 15 is 0 Å². The molecule has 0 bridgehead atoms. The van der Waals surface area contributed by atoms with Crippen LogP contribution in [0, 0.1) is 0 Å². The van der Waals surface area contributed by atoms with Crippen LogP contribution < -0.4 is 10.6 Å². The molecule has 2 rings (SSSR count). The van der Waals surface area contributed by atoms with E-state index in [-0.39, 0.29) is 30.1 Å². The molecule has 16 heavy (non-hydrogen) atoms. The van der Waals surface area contributed by atoms with Gasteiger partial charge >= 0.3 is 0 Å². The molecule has 3 N–H and O–H groups in total. The molecule has 0 aliphatic carbocycles. The number of aromatic hydroxyl groups is 1. The van der Waals surface area contributed by atoms with E-state index in [0.29, 0.717) is 5.69 Å². The molecule has 0 spiro atoms. The van der Waals surface area contributed by atoms with Crippen LogP contribution in [0.5, 0.6) is 5.75 Å². The number of hydrogen-bond donors (Lipinski definition) is 3. The first-order valence-electron chi connectivity index (χ1n) is 5.09. The van der Waals surface area contributed by atoms with Gasteiger partial charge in [0.15, 0.2) is 0 Å². The summed E-state index contributed by atoms with van der Waals surface area (Å²) in [5.41, 5.74) is 0.469. The molecule has 1 aromatic carbocycles. The van der Waals surface area contributed by atoms with Gasteiger partial charge in [-0.25, -0.2) is 0 Å². The van der Waals surface area contributed by atoms with Crippen LogP contribution in [-0.2, 0) is 4.79 Å². The predicted molar refractivity (Wildman–Crippen MR) is 65.0 cm³/mol. The van der Waals surface area contributed by atoms with E-state index in [0.717, 1.165) is 19.4 Å². The summed E-state index contributed by atoms with van der Waals surface area (Å²) in [6.07, 6.45) is 1.89. The van der Waals surface area contributed by atoms with Crippen LogP contribution in [0.3, 0.4) is 0 Å². The smallest absolute Gasteiger partial charge is 0.241 e. The maximum absolute atomic E-state index is 11.7. The number of hydrogen-bond acceptors (Lipinski definition) is 3. The Balaban J connectivity index is 0.00000128. The predicted octanol–water partition coefficient (Wildman–Crippen LogP) is 1.50. The quantitative estimate of drug-likeness (QED) is 0.689. The van der Waals surface area contributed by atoms with Crippen molar-refractivity contribution in [2.24, 2.45) is 0 Å². The summed E-state index contributed by atoms with van der Waals surface area (Å²) in [4.78, 5) is 11.7. The van der Waals surface area contributed by atoms with Gasteiger partial charge in [-0.2, -0.15) is 0 Å². The second-order valence-electron chi connectivity index (χ2n) is 3.66. The molecule has 1 aliphatic heterocycles. The monoisotopic (exact) mass is 242 g/mol. The van der Waals surface area contributed by atoms with Crippen molar-refractivity contribution in [1.29, 1.82) is 0 Å². The van der Waals surface area contributed by atoms with Gasteiger partial charge in [0.2, 0.25) is 5.91 Å². The molecule has 0 radical (unpaired) electrons. The molecule has 0 aromatic heterocycles. The van der Waals surface area contributed by atoms with Crippen molar-refractivity contribution in [3.05, 3.63) is 24.3 Å². The van der Waals surface area contributed by atoms with Gasteiger partial charge in [0.25, 0.3) is 0 Å². The van der Waals surface area contributed by atoms with Crippen molar-refractivity contribution < 1.29 is 9.90 Å². The molecule has 1 amide bonds. The Morgan fingerprint density at radius 3 is 2.81 bits per heavy atom. The lowest BCUT2D eigenvalue weighted by atomic mass is 10.2. The summed E-state index contributed by atoms with van der Waals surface area (Å²) in [6, 6.07) is 6.61. The molecule has 1 heterocycles. The first-order chi connectivity index (χ1) is 7.27. The Morgan fingerprint density at radius 2 is 2.19 bits per heavy atom. The lowest BCUT2D eigenvalue weighted by molar-refractivity contribution is -0.117. The number of rotatable bonds is 2. The van der Waals surface area contributed by atoms with Crippen LogP contribution in [0.1, 0.15) is 12.8 Å². The van der Waals surface area contributed by atoms with Crippen molar-refractivity contribution in [3.8, 4) is 5.75 Å². The summed E-state index contributed by atoms with van der Waals surface area (Å²) in [5.74, 6) is 0.0258. The Labute approximate surface area is 100 Å². The molecule has 1 unspecified atom stereocenters. The van der Waals surface area contributed by atoms with Crippen LogP contribution in [0.2, 0.25) is 0 Å². The number of carbonyl (C=O) groups excluding carboxylic acids is 1. The summed E-state index contributed by atoms with van der Waals surface area (Å²) in [6.45, 7) is 0.888. The second-order valence-corrected chi connectivity index (χ2v) is 3.66. The Kier molecular flexibility index (Phi) is 4.58. The summed E-state index contributed by atoms with van der Waals surface area (Å²) >= 11 is 0. The van der Waals surface area contributed by atoms with Crippen LogP contribution in [0.15, 0.2) is 24.3 Å². The van der Waals surface area contributed by atoms with E-state index < -0.39 is 0 Å². The minimum Gasteiger partial charge on any atom is -0.506 e. The van der Waals surface area contributed by atoms with Crippen molar-refractivity contribution in [2.45, 2.75) is 18.9 Å². The van der Waals surface area contributed by atoms with Gasteiger partial charge in [-0.05, 0) is 31.5 Å². The molecule has 1 atom stereocenters. The molecule has 1 fully saturated rings. The number of halogens is 1. The van der Waals surface area contributed by atoms with Gasteiger partial charge in [-0.1, -0.05) is 12.1 Å². The first-order valence-corrected chi connectivity index (χ1v) is 5.09. The van der Waals surface area contributed by atoms with Crippen LogP contribution in [-0.4, -0.2) is 23.6 Å². The van der Waals surface area contributed by atoms with E-state index in [4.69, 9.17) is 0 Å². The molecule has 0 saturated carbocycles. The maximum Gasteiger partial charge on any atom is 0.241 e. The number of anilines is 1. The molecule has 1 aliphatic rings. The number of benzene rings is 1. The second kappa shape index (κ2) is 5.72. The highest BCUT2D eigenvalue weighted by atomic mass is 35.5. The van der Waals surface area contributed by atoms with E-state index in [1.54, 1.807) is 24.3 Å². The molecule has 5 heteroatoms. The number of nitrogens with one attached hydrogen (secondary N) is 2. The zero-order chi connectivity index (χ0) is 10.7. The lowest BCUT2D eigenvalue weighted by Crippen LogP contribution is -2.35. The summed E-state index contributed by atoms with van der Waals surface area (Å²) < 4.78 is 0. The van der Waals surface area contributed by atoms with Crippen molar-refractivity contribution in [3.63, 3.8) is 0 Å². The number of phenolic OH excluding ortho intramolecular Hbond substituents is 1. The van der Waals surface area contributed by atoms with Gasteiger partial charge in [0, 0.05) is 0 Å². The zero-order valence-electron chi connectivity index (χ0n) is 8.77. The molecule has 88 valence electrons. The number of amides is 1. The molecular formula is C11H15ClN2O2. The number of para-hydroxylation sites is 2. The summed E-state index contributed by atoms with van der Waals surface area (Å²) in [5, 5.41) is 15.3. The third kappa shape index (κ3) is 2.87. The Morgan fingerprint density at radius 1 is 1.44 bits per heavy atom. The Bertz CT molecular complexity index is 365. The van der Waals surface area contributed by atoms with Crippen molar-refractivity contribution in [1.82, 2.24) is 5.32 Å². The average Bonchev–Trinajstić information content (AvgIpc) is 2.74. The largest absolute Gasteiger partial charge is 0.506 e. The van der Waals surface area contributed by atoms with Gasteiger partial charge in [0.1, 0.15) is 5.75 Å². The molecule has 4 nitrogen and oxygen atoms in total. The number of carbonyl (C=O) groups is 1. The van der Waals surface area contributed by atoms with Crippen LogP contribution in [0.4, 0.5) is 5.69 Å². The van der Waals surface area contributed by atoms with Gasteiger partial charge in [-0.15, -0.1) is 12.4 Å². The highest BCUT2D eigenvalue weighted by Gasteiger charge is 2.22. The van der Waals surface area contributed by atoms with E-state index in [9.17, 15) is 9.90 Å². The topological polar surface area (TPSA) is 61.4 Å². The third-order valence-electron chi connectivity index (χ3n) is 2.54. The Hall–Kier alpha value is -1.26. The fourth-order valence-corrected chi connectivity index (χ4v) is 1.71. The molecule has 1 aromatic rings.